The minimum atomic E-state index is 0.316. The van der Waals surface area contributed by atoms with Crippen molar-refractivity contribution in [3.05, 3.63) is 23.3 Å². The Morgan fingerprint density at radius 3 is 2.27 bits per heavy atom. The minimum Gasteiger partial charge on any atom is -0.508 e. The number of aryl methyl sites for hydroxylation is 2. The second-order valence-electron chi connectivity index (χ2n) is 6.41. The summed E-state index contributed by atoms with van der Waals surface area (Å²) in [5.41, 5.74) is 2.07. The summed E-state index contributed by atoms with van der Waals surface area (Å²) in [4.78, 5) is 0. The zero-order valence-electron chi connectivity index (χ0n) is 16.9. The molecule has 0 aliphatic rings. The van der Waals surface area contributed by atoms with E-state index >= 15 is 0 Å². The number of hydrogen-bond acceptors (Lipinski definition) is 5. The lowest BCUT2D eigenvalue weighted by atomic mass is 10.1. The molecule has 0 atom stereocenters. The molecule has 5 heteroatoms. The molecule has 1 N–H and O–H groups in total. The summed E-state index contributed by atoms with van der Waals surface area (Å²) in [6.45, 7) is 10.9. The highest BCUT2D eigenvalue weighted by Crippen LogP contribution is 2.29. The summed E-state index contributed by atoms with van der Waals surface area (Å²) in [6.07, 6.45) is 5.31. The Labute approximate surface area is 168 Å². The fourth-order valence-corrected chi connectivity index (χ4v) is 4.94. The summed E-state index contributed by atoms with van der Waals surface area (Å²) < 4.78 is 12.4. The van der Waals surface area contributed by atoms with Gasteiger partial charge in [-0.25, -0.2) is 0 Å². The maximum Gasteiger partial charge on any atom is 0.125 e. The molecule has 3 nitrogen and oxygen atoms in total. The average molecular weight is 401 g/mol. The van der Waals surface area contributed by atoms with Gasteiger partial charge in [-0.15, -0.1) is 23.5 Å². The molecule has 0 heterocycles. The van der Waals surface area contributed by atoms with Crippen molar-refractivity contribution < 1.29 is 14.6 Å². The van der Waals surface area contributed by atoms with Crippen LogP contribution in [0.4, 0.5) is 0 Å². The molecule has 0 spiro atoms. The maximum absolute atomic E-state index is 9.70. The van der Waals surface area contributed by atoms with Gasteiger partial charge in [-0.2, -0.15) is 0 Å². The number of hydrogen-bond donors (Lipinski definition) is 1. The van der Waals surface area contributed by atoms with Gasteiger partial charge in [-0.1, -0.05) is 20.8 Å². The van der Waals surface area contributed by atoms with Crippen LogP contribution in [0.5, 0.6) is 11.5 Å². The van der Waals surface area contributed by atoms with Crippen LogP contribution in [0.15, 0.2) is 12.1 Å². The van der Waals surface area contributed by atoms with Crippen molar-refractivity contribution in [2.24, 2.45) is 0 Å². The van der Waals surface area contributed by atoms with E-state index in [0.717, 1.165) is 49.4 Å². The van der Waals surface area contributed by atoms with Crippen molar-refractivity contribution in [2.75, 3.05) is 31.3 Å². The SMILES string of the molecule is CCCSC(COCCCCOc1c(C)cc(O)cc1CC)SCCC. The third kappa shape index (κ3) is 9.43. The Morgan fingerprint density at radius 1 is 1.00 bits per heavy atom. The van der Waals surface area contributed by atoms with Gasteiger partial charge in [0.1, 0.15) is 11.5 Å². The number of phenolic OH excluding ortho intramolecular Hbond substituents is 1. The van der Waals surface area contributed by atoms with Crippen molar-refractivity contribution in [3.63, 3.8) is 0 Å². The second-order valence-corrected chi connectivity index (χ2v) is 9.33. The maximum atomic E-state index is 9.70. The fourth-order valence-electron chi connectivity index (χ4n) is 2.60. The highest BCUT2D eigenvalue weighted by Gasteiger charge is 2.10. The van der Waals surface area contributed by atoms with Crippen LogP contribution in [-0.4, -0.2) is 41.0 Å². The number of ether oxygens (including phenoxy) is 2. The first-order valence-corrected chi connectivity index (χ1v) is 12.0. The first-order valence-electron chi connectivity index (χ1n) is 9.88. The van der Waals surface area contributed by atoms with E-state index in [4.69, 9.17) is 9.47 Å². The van der Waals surface area contributed by atoms with Crippen LogP contribution in [0.2, 0.25) is 0 Å². The Bertz CT molecular complexity index is 486. The van der Waals surface area contributed by atoms with Gasteiger partial charge in [0.2, 0.25) is 0 Å². The van der Waals surface area contributed by atoms with Crippen LogP contribution < -0.4 is 4.74 Å². The van der Waals surface area contributed by atoms with Crippen LogP contribution in [0.25, 0.3) is 0 Å². The van der Waals surface area contributed by atoms with Crippen molar-refractivity contribution in [2.45, 2.75) is 64.4 Å². The molecule has 0 radical (unpaired) electrons. The smallest absolute Gasteiger partial charge is 0.125 e. The minimum absolute atomic E-state index is 0.316. The average Bonchev–Trinajstić information content (AvgIpc) is 2.63. The first-order chi connectivity index (χ1) is 12.6. The third-order valence-corrected chi connectivity index (χ3v) is 7.04. The van der Waals surface area contributed by atoms with E-state index in [9.17, 15) is 5.11 Å². The molecule has 0 amide bonds. The van der Waals surface area contributed by atoms with Crippen LogP contribution in [0.1, 0.15) is 57.6 Å². The molecule has 0 saturated heterocycles. The Hall–Kier alpha value is -0.520. The predicted molar refractivity (Wildman–Crippen MR) is 117 cm³/mol. The standard InChI is InChI=1S/C21H36O3S2/c1-5-12-25-20(26-13-6-2)16-23-10-8-9-11-24-21-17(4)14-19(22)15-18(21)7-3/h14-15,20,22H,5-13,16H2,1-4H3. The monoisotopic (exact) mass is 400 g/mol. The fraction of sp³-hybridized carbons (Fsp3) is 0.714. The van der Waals surface area contributed by atoms with Crippen molar-refractivity contribution >= 4 is 23.5 Å². The molecule has 1 aromatic rings. The molecule has 0 aliphatic carbocycles. The molecule has 0 saturated carbocycles. The Morgan fingerprint density at radius 2 is 1.65 bits per heavy atom. The lowest BCUT2D eigenvalue weighted by Gasteiger charge is -2.16. The Kier molecular flexibility index (Phi) is 13.1. The van der Waals surface area contributed by atoms with E-state index < -0.39 is 0 Å². The van der Waals surface area contributed by atoms with Crippen molar-refractivity contribution in [1.82, 2.24) is 0 Å². The summed E-state index contributed by atoms with van der Waals surface area (Å²) in [5, 5.41) is 9.70. The van der Waals surface area contributed by atoms with E-state index in [1.807, 2.05) is 30.4 Å². The van der Waals surface area contributed by atoms with E-state index in [0.29, 0.717) is 16.9 Å². The van der Waals surface area contributed by atoms with E-state index in [-0.39, 0.29) is 0 Å². The Balaban J connectivity index is 2.22. The molecule has 0 fully saturated rings. The number of thioether (sulfide) groups is 2. The molecule has 0 aliphatic heterocycles. The molecular formula is C21H36O3S2. The van der Waals surface area contributed by atoms with Gasteiger partial charge < -0.3 is 14.6 Å². The van der Waals surface area contributed by atoms with Gasteiger partial charge in [0.05, 0.1) is 17.8 Å². The number of aromatic hydroxyl groups is 1. The van der Waals surface area contributed by atoms with E-state index in [1.54, 1.807) is 12.1 Å². The molecule has 150 valence electrons. The van der Waals surface area contributed by atoms with E-state index in [2.05, 4.69) is 20.8 Å². The summed E-state index contributed by atoms with van der Waals surface area (Å²) in [7, 11) is 0. The van der Waals surface area contributed by atoms with Crippen LogP contribution in [0, 0.1) is 6.92 Å². The van der Waals surface area contributed by atoms with Gasteiger partial charge in [-0.05, 0) is 73.8 Å². The summed E-state index contributed by atoms with van der Waals surface area (Å²) in [5.74, 6) is 3.67. The zero-order chi connectivity index (χ0) is 19.2. The first kappa shape index (κ1) is 23.5. The molecule has 0 aromatic heterocycles. The van der Waals surface area contributed by atoms with Gasteiger partial charge >= 0.3 is 0 Å². The van der Waals surface area contributed by atoms with Gasteiger partial charge in [-0.3, -0.25) is 0 Å². The van der Waals surface area contributed by atoms with Crippen LogP contribution >= 0.6 is 23.5 Å². The van der Waals surface area contributed by atoms with Gasteiger partial charge in [0.25, 0.3) is 0 Å². The second kappa shape index (κ2) is 14.5. The quantitative estimate of drug-likeness (QED) is 0.286. The number of unbranched alkanes of at least 4 members (excludes halogenated alkanes) is 1. The van der Waals surface area contributed by atoms with Gasteiger partial charge in [0, 0.05) is 6.61 Å². The lowest BCUT2D eigenvalue weighted by molar-refractivity contribution is 0.137. The zero-order valence-corrected chi connectivity index (χ0v) is 18.5. The van der Waals surface area contributed by atoms with Crippen LogP contribution in [-0.2, 0) is 11.2 Å². The molecule has 1 aromatic carbocycles. The normalized spacial score (nSPS) is 11.3. The summed E-state index contributed by atoms with van der Waals surface area (Å²) in [6, 6.07) is 3.56. The van der Waals surface area contributed by atoms with Crippen molar-refractivity contribution in [3.8, 4) is 11.5 Å². The molecular weight excluding hydrogens is 364 g/mol. The van der Waals surface area contributed by atoms with E-state index in [1.165, 1.54) is 24.3 Å². The number of phenols is 1. The van der Waals surface area contributed by atoms with Crippen molar-refractivity contribution in [1.29, 1.82) is 0 Å². The molecule has 0 bridgehead atoms. The summed E-state index contributed by atoms with van der Waals surface area (Å²) >= 11 is 4.05. The topological polar surface area (TPSA) is 38.7 Å². The molecule has 26 heavy (non-hydrogen) atoms. The van der Waals surface area contributed by atoms with Crippen LogP contribution in [0.3, 0.4) is 0 Å². The number of benzene rings is 1. The number of rotatable bonds is 15. The lowest BCUT2D eigenvalue weighted by Crippen LogP contribution is -2.11. The highest BCUT2D eigenvalue weighted by atomic mass is 32.2. The molecule has 1 rings (SSSR count). The largest absolute Gasteiger partial charge is 0.508 e. The molecule has 0 unspecified atom stereocenters. The highest BCUT2D eigenvalue weighted by molar-refractivity contribution is 8.17. The third-order valence-electron chi connectivity index (χ3n) is 3.92. The van der Waals surface area contributed by atoms with Gasteiger partial charge in [0.15, 0.2) is 0 Å². The predicted octanol–water partition coefficient (Wildman–Crippen LogP) is 6.05.